The van der Waals surface area contributed by atoms with E-state index in [9.17, 15) is 4.79 Å². The molecule has 2 N–H and O–H groups in total. The summed E-state index contributed by atoms with van der Waals surface area (Å²) in [5, 5.41) is 0.203. The van der Waals surface area contributed by atoms with E-state index < -0.39 is 13.9 Å². The fourth-order valence-corrected chi connectivity index (χ4v) is 2.66. The highest BCUT2D eigenvalue weighted by atomic mass is 28.4. The molecule has 0 unspecified atom stereocenters. The third-order valence-corrected chi connectivity index (χ3v) is 8.43. The van der Waals surface area contributed by atoms with Crippen LogP contribution in [0.4, 0.5) is 4.79 Å². The van der Waals surface area contributed by atoms with Crippen molar-refractivity contribution in [1.82, 2.24) is 4.90 Å². The Bertz CT molecular complexity index is 346. The summed E-state index contributed by atoms with van der Waals surface area (Å²) in [4.78, 5) is 13.8. The van der Waals surface area contributed by atoms with Crippen molar-refractivity contribution >= 4 is 14.4 Å². The van der Waals surface area contributed by atoms with Crippen molar-refractivity contribution in [2.45, 2.75) is 71.7 Å². The lowest BCUT2D eigenvalue weighted by Crippen LogP contribution is -2.42. The summed E-state index contributed by atoms with van der Waals surface area (Å²) in [7, 11) is -1.72. The molecule has 132 valence electrons. The summed E-state index contributed by atoms with van der Waals surface area (Å²) >= 11 is 0. The van der Waals surface area contributed by atoms with Crippen LogP contribution in [0.1, 0.15) is 48.0 Å². The van der Waals surface area contributed by atoms with Crippen LogP contribution in [0.2, 0.25) is 18.1 Å². The number of rotatable bonds is 7. The van der Waals surface area contributed by atoms with E-state index in [0.717, 1.165) is 6.42 Å². The SMILES string of the molecule is CC(C)(C)OC(=O)N(CCN)CCCO[Si](C)(C)C(C)(C)C. The number of ether oxygens (including phenoxy) is 1. The third kappa shape index (κ3) is 8.15. The zero-order valence-electron chi connectivity index (χ0n) is 15.8. The molecule has 0 aliphatic carbocycles. The standard InChI is InChI=1S/C16H36N2O3Si/c1-15(2,3)21-14(19)18(12-10-17)11-9-13-20-22(7,8)16(4,5)6/h9-13,17H2,1-8H3. The largest absolute Gasteiger partial charge is 0.444 e. The first-order valence-electron chi connectivity index (χ1n) is 8.12. The zero-order valence-corrected chi connectivity index (χ0v) is 16.8. The highest BCUT2D eigenvalue weighted by molar-refractivity contribution is 6.74. The number of carbonyl (C=O) groups excluding carboxylic acids is 1. The molecule has 0 aromatic rings. The van der Waals surface area contributed by atoms with Gasteiger partial charge in [0.05, 0.1) is 0 Å². The van der Waals surface area contributed by atoms with Crippen molar-refractivity contribution in [1.29, 1.82) is 0 Å². The van der Waals surface area contributed by atoms with Crippen LogP contribution in [0.5, 0.6) is 0 Å². The molecule has 1 amide bonds. The van der Waals surface area contributed by atoms with E-state index in [0.29, 0.717) is 26.2 Å². The average molecular weight is 333 g/mol. The number of amides is 1. The van der Waals surface area contributed by atoms with Crippen molar-refractivity contribution in [3.8, 4) is 0 Å². The summed E-state index contributed by atoms with van der Waals surface area (Å²) in [5.74, 6) is 0. The highest BCUT2D eigenvalue weighted by Crippen LogP contribution is 2.36. The minimum atomic E-state index is -1.72. The van der Waals surface area contributed by atoms with Crippen molar-refractivity contribution in [2.75, 3.05) is 26.2 Å². The molecular formula is C16H36N2O3Si. The van der Waals surface area contributed by atoms with Crippen molar-refractivity contribution in [3.05, 3.63) is 0 Å². The van der Waals surface area contributed by atoms with E-state index in [2.05, 4.69) is 33.9 Å². The minimum Gasteiger partial charge on any atom is -0.444 e. The van der Waals surface area contributed by atoms with E-state index in [1.54, 1.807) is 4.90 Å². The summed E-state index contributed by atoms with van der Waals surface area (Å²) in [6, 6.07) is 0. The maximum absolute atomic E-state index is 12.1. The molecule has 0 aliphatic rings. The van der Waals surface area contributed by atoms with Crippen molar-refractivity contribution in [2.24, 2.45) is 5.73 Å². The molecule has 0 aromatic carbocycles. The van der Waals surface area contributed by atoms with Crippen LogP contribution < -0.4 is 5.73 Å². The van der Waals surface area contributed by atoms with E-state index in [1.807, 2.05) is 20.8 Å². The van der Waals surface area contributed by atoms with Gasteiger partial charge in [-0.2, -0.15) is 0 Å². The summed E-state index contributed by atoms with van der Waals surface area (Å²) < 4.78 is 11.5. The van der Waals surface area contributed by atoms with Gasteiger partial charge < -0.3 is 19.8 Å². The molecule has 0 fully saturated rings. The van der Waals surface area contributed by atoms with Gasteiger partial charge in [0.25, 0.3) is 0 Å². The Labute approximate surface area is 137 Å². The van der Waals surface area contributed by atoms with E-state index in [4.69, 9.17) is 14.9 Å². The molecule has 22 heavy (non-hydrogen) atoms. The Morgan fingerprint density at radius 2 is 1.64 bits per heavy atom. The summed E-state index contributed by atoms with van der Waals surface area (Å²) in [6.07, 6.45) is 0.497. The second-order valence-corrected chi connectivity index (χ2v) is 13.0. The lowest BCUT2D eigenvalue weighted by molar-refractivity contribution is 0.0247. The number of hydrogen-bond donors (Lipinski definition) is 1. The Balaban J connectivity index is 4.36. The normalized spacial score (nSPS) is 13.1. The van der Waals surface area contributed by atoms with Gasteiger partial charge in [-0.15, -0.1) is 0 Å². The molecule has 5 nitrogen and oxygen atoms in total. The van der Waals surface area contributed by atoms with Gasteiger partial charge in [0, 0.05) is 26.2 Å². The zero-order chi connectivity index (χ0) is 17.6. The predicted molar refractivity (Wildman–Crippen MR) is 94.6 cm³/mol. The molecule has 0 heterocycles. The molecule has 0 rings (SSSR count). The molecule has 0 spiro atoms. The van der Waals surface area contributed by atoms with Gasteiger partial charge in [-0.3, -0.25) is 0 Å². The molecule has 0 saturated heterocycles. The maximum Gasteiger partial charge on any atom is 0.410 e. The van der Waals surface area contributed by atoms with Crippen LogP contribution in [0, 0.1) is 0 Å². The molecule has 0 saturated carbocycles. The number of nitrogens with zero attached hydrogens (tertiary/aromatic N) is 1. The third-order valence-electron chi connectivity index (χ3n) is 3.89. The second kappa shape index (κ2) is 8.31. The van der Waals surface area contributed by atoms with E-state index in [1.165, 1.54) is 0 Å². The highest BCUT2D eigenvalue weighted by Gasteiger charge is 2.36. The number of nitrogens with two attached hydrogens (primary N) is 1. The molecule has 6 heteroatoms. The van der Waals surface area contributed by atoms with E-state index >= 15 is 0 Å². The van der Waals surface area contributed by atoms with Crippen molar-refractivity contribution < 1.29 is 14.0 Å². The molecule has 0 aliphatic heterocycles. The molecular weight excluding hydrogens is 296 g/mol. The Morgan fingerprint density at radius 1 is 1.09 bits per heavy atom. The minimum absolute atomic E-state index is 0.203. The van der Waals surface area contributed by atoms with Crippen LogP contribution in [0.15, 0.2) is 0 Å². The number of hydrogen-bond acceptors (Lipinski definition) is 4. The second-order valence-electron chi connectivity index (χ2n) is 8.22. The first kappa shape index (κ1) is 21.4. The molecule has 0 aromatic heterocycles. The predicted octanol–water partition coefficient (Wildman–Crippen LogP) is 3.59. The summed E-state index contributed by atoms with van der Waals surface area (Å²) in [6.45, 7) is 19.0. The van der Waals surface area contributed by atoms with Crippen LogP contribution in [0.25, 0.3) is 0 Å². The summed E-state index contributed by atoms with van der Waals surface area (Å²) in [5.41, 5.74) is 5.10. The van der Waals surface area contributed by atoms with E-state index in [-0.39, 0.29) is 11.1 Å². The van der Waals surface area contributed by atoms with Crippen LogP contribution in [0.3, 0.4) is 0 Å². The van der Waals surface area contributed by atoms with Crippen LogP contribution >= 0.6 is 0 Å². The molecule has 0 bridgehead atoms. The van der Waals surface area contributed by atoms with Crippen LogP contribution in [-0.2, 0) is 9.16 Å². The quantitative estimate of drug-likeness (QED) is 0.571. The van der Waals surface area contributed by atoms with Gasteiger partial charge in [-0.05, 0) is 45.3 Å². The first-order chi connectivity index (χ1) is 9.80. The van der Waals surface area contributed by atoms with Gasteiger partial charge in [-0.25, -0.2) is 4.79 Å². The fraction of sp³-hybridized carbons (Fsp3) is 0.938. The maximum atomic E-state index is 12.1. The molecule has 0 atom stereocenters. The smallest absolute Gasteiger partial charge is 0.410 e. The van der Waals surface area contributed by atoms with Crippen LogP contribution in [-0.4, -0.2) is 51.2 Å². The molecule has 0 radical (unpaired) electrons. The van der Waals surface area contributed by atoms with Gasteiger partial charge in [0.1, 0.15) is 5.60 Å². The number of carbonyl (C=O) groups is 1. The lowest BCUT2D eigenvalue weighted by atomic mass is 10.2. The monoisotopic (exact) mass is 332 g/mol. The van der Waals surface area contributed by atoms with Crippen molar-refractivity contribution in [3.63, 3.8) is 0 Å². The Kier molecular flexibility index (Phi) is 8.09. The first-order valence-corrected chi connectivity index (χ1v) is 11.0. The van der Waals surface area contributed by atoms with Gasteiger partial charge in [-0.1, -0.05) is 20.8 Å². The average Bonchev–Trinajstić information content (AvgIpc) is 2.29. The Morgan fingerprint density at radius 3 is 2.05 bits per heavy atom. The van der Waals surface area contributed by atoms with Gasteiger partial charge in [0.2, 0.25) is 0 Å². The Hall–Kier alpha value is -0.593. The fourth-order valence-electron chi connectivity index (χ4n) is 1.58. The topological polar surface area (TPSA) is 64.8 Å². The lowest BCUT2D eigenvalue weighted by Gasteiger charge is -2.36. The van der Waals surface area contributed by atoms with Gasteiger partial charge >= 0.3 is 6.09 Å². The van der Waals surface area contributed by atoms with Gasteiger partial charge in [0.15, 0.2) is 8.32 Å².